The van der Waals surface area contributed by atoms with Gasteiger partial charge in [-0.1, -0.05) is 192 Å². The lowest BCUT2D eigenvalue weighted by atomic mass is 9.88. The number of fused-ring (bicyclic) bond motifs is 6. The van der Waals surface area contributed by atoms with Crippen LogP contribution in [0.25, 0.3) is 86.9 Å². The van der Waals surface area contributed by atoms with Crippen LogP contribution in [-0.4, -0.2) is 16.1 Å². The van der Waals surface area contributed by atoms with Crippen molar-refractivity contribution in [3.8, 4) is 45.2 Å². The molecule has 0 saturated heterocycles. The molecule has 9 aromatic carbocycles. The van der Waals surface area contributed by atoms with Gasteiger partial charge in [-0.3, -0.25) is 0 Å². The van der Waals surface area contributed by atoms with Gasteiger partial charge in [-0.05, 0) is 169 Å². The lowest BCUT2D eigenvalue weighted by molar-refractivity contribution is 0.838. The van der Waals surface area contributed by atoms with Crippen LogP contribution in [0.5, 0.6) is 0 Å². The molecule has 0 aliphatic rings. The average molecular weight is 891 g/mol. The van der Waals surface area contributed by atoms with Gasteiger partial charge in [0.05, 0.1) is 0 Å². The van der Waals surface area contributed by atoms with E-state index in [4.69, 9.17) is 0 Å². The molecule has 0 aliphatic heterocycles. The number of hydrogen-bond acceptors (Lipinski definition) is 0. The van der Waals surface area contributed by atoms with E-state index < -0.39 is 16.1 Å². The Morgan fingerprint density at radius 3 is 0.758 bits per heavy atom. The second-order valence-electron chi connectivity index (χ2n) is 21.0. The lowest BCUT2D eigenvalue weighted by Crippen LogP contribution is -2.43. The normalized spacial score (nSPS) is 12.5. The Morgan fingerprint density at radius 1 is 0.273 bits per heavy atom. The van der Waals surface area contributed by atoms with Gasteiger partial charge in [0, 0.05) is 11.1 Å². The van der Waals surface area contributed by atoms with Crippen LogP contribution in [0.3, 0.4) is 0 Å². The molecule has 0 fully saturated rings. The van der Waals surface area contributed by atoms with Crippen LogP contribution in [-0.2, 0) is 0 Å². The van der Waals surface area contributed by atoms with Crippen molar-refractivity contribution < 1.29 is 0 Å². The summed E-state index contributed by atoms with van der Waals surface area (Å²) in [5, 5.41) is 15.0. The molecule has 2 heteroatoms. The van der Waals surface area contributed by atoms with E-state index in [0.717, 1.165) is 11.1 Å². The first-order valence-corrected chi connectivity index (χ1v) is 29.1. The SMILES string of the molecule is CC(C)[Si](C#Cc1cccc2cc3cccc(-c4cccc5cc6cccc(-c7cccc8cc9cccc(C#C[Si](C(C)C)(C(C)C)C(C)C)c9cc78)c6cc45)c3cc12)(C(C)C)C(C)C. The maximum absolute atomic E-state index is 4.02. The van der Waals surface area contributed by atoms with E-state index >= 15 is 0 Å². The van der Waals surface area contributed by atoms with Gasteiger partial charge in [0.15, 0.2) is 0 Å². The summed E-state index contributed by atoms with van der Waals surface area (Å²) >= 11 is 0. The Bertz CT molecular complexity index is 3190. The van der Waals surface area contributed by atoms with Crippen molar-refractivity contribution in [1.82, 2.24) is 0 Å². The van der Waals surface area contributed by atoms with E-state index in [9.17, 15) is 0 Å². The number of rotatable bonds is 8. The van der Waals surface area contributed by atoms with Crippen molar-refractivity contribution >= 4 is 80.8 Å². The summed E-state index contributed by atoms with van der Waals surface area (Å²) < 4.78 is 0. The van der Waals surface area contributed by atoms with E-state index in [0.29, 0.717) is 33.2 Å². The molecule has 0 heterocycles. The topological polar surface area (TPSA) is 0 Å². The molecule has 0 amide bonds. The number of hydrogen-bond donors (Lipinski definition) is 0. The molecule has 330 valence electrons. The molecule has 9 aromatic rings. The third-order valence-corrected chi connectivity index (χ3v) is 28.4. The highest BCUT2D eigenvalue weighted by atomic mass is 28.3. The predicted octanol–water partition coefficient (Wildman–Crippen LogP) is 19.1. The molecule has 0 spiro atoms. The highest BCUT2D eigenvalue weighted by Gasteiger charge is 2.42. The summed E-state index contributed by atoms with van der Waals surface area (Å²) in [5.74, 6) is 7.65. The predicted molar refractivity (Wildman–Crippen MR) is 298 cm³/mol. The Balaban J connectivity index is 1.22. The fourth-order valence-corrected chi connectivity index (χ4v) is 23.0. The van der Waals surface area contributed by atoms with Gasteiger partial charge in [0.25, 0.3) is 0 Å². The largest absolute Gasteiger partial charge is 0.146 e. The van der Waals surface area contributed by atoms with Gasteiger partial charge in [0.2, 0.25) is 0 Å². The summed E-state index contributed by atoms with van der Waals surface area (Å²) in [5.41, 5.74) is 18.8. The van der Waals surface area contributed by atoms with Crippen LogP contribution < -0.4 is 0 Å². The fourth-order valence-electron chi connectivity index (χ4n) is 12.5. The summed E-state index contributed by atoms with van der Waals surface area (Å²) in [4.78, 5) is 0. The first-order valence-electron chi connectivity index (χ1n) is 24.6. The summed E-state index contributed by atoms with van der Waals surface area (Å²) in [6.07, 6.45) is 0. The highest BCUT2D eigenvalue weighted by molar-refractivity contribution is 6.91. The van der Waals surface area contributed by atoms with Gasteiger partial charge >= 0.3 is 0 Å². The third kappa shape index (κ3) is 7.58. The summed E-state index contributed by atoms with van der Waals surface area (Å²) in [6.45, 7) is 28.8. The van der Waals surface area contributed by atoms with Crippen LogP contribution in [0.15, 0.2) is 146 Å². The Morgan fingerprint density at radius 2 is 0.500 bits per heavy atom. The first kappa shape index (κ1) is 45.3. The molecular weight excluding hydrogens is 825 g/mol. The van der Waals surface area contributed by atoms with Gasteiger partial charge in [-0.25, -0.2) is 0 Å². The summed E-state index contributed by atoms with van der Waals surface area (Å²) in [6, 6.07) is 55.0. The lowest BCUT2D eigenvalue weighted by Gasteiger charge is -2.38. The van der Waals surface area contributed by atoms with Crippen molar-refractivity contribution in [3.05, 3.63) is 157 Å². The molecule has 9 rings (SSSR count). The van der Waals surface area contributed by atoms with Crippen molar-refractivity contribution in [2.24, 2.45) is 0 Å². The van der Waals surface area contributed by atoms with Crippen molar-refractivity contribution in [3.63, 3.8) is 0 Å². The van der Waals surface area contributed by atoms with E-state index in [1.807, 2.05) is 0 Å². The Labute approximate surface area is 396 Å². The maximum Gasteiger partial charge on any atom is 0.146 e. The minimum atomic E-state index is -1.91. The quantitative estimate of drug-likeness (QED) is 0.0810. The van der Waals surface area contributed by atoms with Gasteiger partial charge in [0.1, 0.15) is 16.1 Å². The zero-order valence-electron chi connectivity index (χ0n) is 41.3. The minimum Gasteiger partial charge on any atom is -0.125 e. The minimum absolute atomic E-state index is 0.583. The second kappa shape index (κ2) is 17.7. The van der Waals surface area contributed by atoms with Crippen molar-refractivity contribution in [1.29, 1.82) is 0 Å². The van der Waals surface area contributed by atoms with Crippen LogP contribution in [0, 0.1) is 22.9 Å². The van der Waals surface area contributed by atoms with E-state index in [-0.39, 0.29) is 0 Å². The third-order valence-electron chi connectivity index (χ3n) is 15.8. The molecular formula is C64H66Si2. The molecule has 0 aliphatic carbocycles. The van der Waals surface area contributed by atoms with E-state index in [2.05, 4.69) is 252 Å². The molecule has 0 aromatic heterocycles. The van der Waals surface area contributed by atoms with Gasteiger partial charge in [-0.2, -0.15) is 0 Å². The standard InChI is InChI=1S/C64H66Si2/c1-41(2)65(42(3)4,43(5)6)33-31-47-19-13-21-49-35-51-23-15-27-55(61(51)38-59(47)49)57-29-17-25-53-37-54-26-18-30-58(64(54)40-63(53)57)56-28-16-24-52-36-50-22-14-20-48(60(50)39-62(52)56)32-34-66(44(7)8,45(9)10)46(11)12/h13-30,35-46H,1-12H3. The molecule has 0 N–H and O–H groups in total. The zero-order valence-corrected chi connectivity index (χ0v) is 43.3. The molecule has 0 unspecified atom stereocenters. The molecule has 0 bridgehead atoms. The van der Waals surface area contributed by atoms with Gasteiger partial charge in [-0.15, -0.1) is 11.1 Å². The van der Waals surface area contributed by atoms with Crippen molar-refractivity contribution in [2.45, 2.75) is 116 Å². The monoisotopic (exact) mass is 890 g/mol. The van der Waals surface area contributed by atoms with Crippen LogP contribution in [0.2, 0.25) is 33.2 Å². The van der Waals surface area contributed by atoms with Crippen LogP contribution in [0.4, 0.5) is 0 Å². The molecule has 0 radical (unpaired) electrons. The van der Waals surface area contributed by atoms with Crippen LogP contribution >= 0.6 is 0 Å². The molecule has 66 heavy (non-hydrogen) atoms. The average Bonchev–Trinajstić information content (AvgIpc) is 3.28. The molecule has 0 atom stereocenters. The summed E-state index contributed by atoms with van der Waals surface area (Å²) in [7, 11) is -3.83. The smallest absolute Gasteiger partial charge is 0.125 e. The molecule has 0 saturated carbocycles. The zero-order chi connectivity index (χ0) is 46.7. The van der Waals surface area contributed by atoms with Crippen molar-refractivity contribution in [2.75, 3.05) is 0 Å². The van der Waals surface area contributed by atoms with Gasteiger partial charge < -0.3 is 0 Å². The van der Waals surface area contributed by atoms with Crippen LogP contribution in [0.1, 0.15) is 94.2 Å². The fraction of sp³-hybridized carbons (Fsp3) is 0.281. The highest BCUT2D eigenvalue weighted by Crippen LogP contribution is 2.44. The Hall–Kier alpha value is -5.91. The number of benzene rings is 9. The molecule has 0 nitrogen and oxygen atoms in total. The maximum atomic E-state index is 4.02. The van der Waals surface area contributed by atoms with E-state index in [1.54, 1.807) is 0 Å². The second-order valence-corrected chi connectivity index (χ2v) is 32.2. The van der Waals surface area contributed by atoms with E-state index in [1.165, 1.54) is 86.9 Å². The first-order chi connectivity index (χ1) is 31.6. The Kier molecular flexibility index (Phi) is 12.1.